The second-order valence-corrected chi connectivity index (χ2v) is 14.1. The highest BCUT2D eigenvalue weighted by molar-refractivity contribution is 6.00. The predicted octanol–water partition coefficient (Wildman–Crippen LogP) is 4.25. The Bertz CT molecular complexity index is 1370. The normalized spacial score (nSPS) is 24.0. The number of aromatic nitrogens is 2. The number of carbonyl (C=O) groups excluding carboxylic acids is 3. The molecule has 3 N–H and O–H groups in total. The lowest BCUT2D eigenvalue weighted by atomic mass is 9.77. The van der Waals surface area contributed by atoms with Crippen molar-refractivity contribution in [1.82, 2.24) is 30.2 Å². The summed E-state index contributed by atoms with van der Waals surface area (Å²) >= 11 is 0. The van der Waals surface area contributed by atoms with Crippen LogP contribution in [0.2, 0.25) is 0 Å². The van der Waals surface area contributed by atoms with Gasteiger partial charge in [0.15, 0.2) is 0 Å². The maximum atomic E-state index is 14.1. The molecule has 4 heterocycles. The summed E-state index contributed by atoms with van der Waals surface area (Å²) in [5, 5.41) is 22.0. The molecule has 0 radical (unpaired) electrons. The Morgan fingerprint density at radius 3 is 2.28 bits per heavy atom. The first-order valence-electron chi connectivity index (χ1n) is 17.7. The maximum absolute atomic E-state index is 14.1. The standard InChI is InChI=1S/C36H52N6O4/c1-4-5-21-42-34(45)30(32(43)27-11-7-6-8-12-27)37-35(46)36(42)17-22-40(23-18-36)31(29-24(2)38-39-25(29)3)26-13-15-28(16-14-26)33(44)41-19-9-10-20-41/h13-16,27,30-32,43H,4-12,17-23H2,1-3H3,(H,37,46)(H,38,39)/t30-,31?,32-/m1/s1. The van der Waals surface area contributed by atoms with Crippen molar-refractivity contribution in [3.63, 3.8) is 0 Å². The zero-order chi connectivity index (χ0) is 32.4. The van der Waals surface area contributed by atoms with Gasteiger partial charge in [0, 0.05) is 49.5 Å². The number of carbonyl (C=O) groups is 3. The molecule has 3 atom stereocenters. The first-order valence-corrected chi connectivity index (χ1v) is 17.7. The van der Waals surface area contributed by atoms with Crippen molar-refractivity contribution in [2.24, 2.45) is 5.92 Å². The Morgan fingerprint density at radius 1 is 1.00 bits per heavy atom. The van der Waals surface area contributed by atoms with Gasteiger partial charge < -0.3 is 20.2 Å². The third kappa shape index (κ3) is 6.10. The van der Waals surface area contributed by atoms with Crippen molar-refractivity contribution in [1.29, 1.82) is 0 Å². The van der Waals surface area contributed by atoms with Crippen LogP contribution in [0.5, 0.6) is 0 Å². The van der Waals surface area contributed by atoms with Gasteiger partial charge in [0.25, 0.3) is 5.91 Å². The number of aryl methyl sites for hydroxylation is 2. The summed E-state index contributed by atoms with van der Waals surface area (Å²) in [7, 11) is 0. The molecular formula is C36H52N6O4. The van der Waals surface area contributed by atoms with Crippen molar-refractivity contribution in [2.75, 3.05) is 32.7 Å². The molecule has 3 amide bonds. The minimum Gasteiger partial charge on any atom is -0.390 e. The maximum Gasteiger partial charge on any atom is 0.253 e. The number of amides is 3. The molecular weight excluding hydrogens is 580 g/mol. The van der Waals surface area contributed by atoms with Crippen molar-refractivity contribution >= 4 is 17.7 Å². The van der Waals surface area contributed by atoms with Gasteiger partial charge in [-0.3, -0.25) is 24.4 Å². The number of aromatic amines is 1. The number of piperidine rings is 1. The summed E-state index contributed by atoms with van der Waals surface area (Å²) in [6, 6.07) is 7.02. The molecule has 4 aliphatic rings. The van der Waals surface area contributed by atoms with Crippen LogP contribution in [0.4, 0.5) is 0 Å². The molecule has 1 aromatic heterocycles. The van der Waals surface area contributed by atoms with Crippen LogP contribution in [0.15, 0.2) is 24.3 Å². The molecule has 1 aromatic carbocycles. The van der Waals surface area contributed by atoms with E-state index in [1.807, 2.05) is 35.8 Å². The fourth-order valence-electron chi connectivity index (χ4n) is 8.54. The molecule has 10 heteroatoms. The fraction of sp³-hybridized carbons (Fsp3) is 0.667. The minimum absolute atomic E-state index is 0.0474. The highest BCUT2D eigenvalue weighted by atomic mass is 16.3. The first kappa shape index (κ1) is 32.7. The topological polar surface area (TPSA) is 122 Å². The smallest absolute Gasteiger partial charge is 0.253 e. The summed E-state index contributed by atoms with van der Waals surface area (Å²) in [6.45, 7) is 9.53. The largest absolute Gasteiger partial charge is 0.390 e. The van der Waals surface area contributed by atoms with E-state index in [0.29, 0.717) is 38.0 Å². The third-order valence-corrected chi connectivity index (χ3v) is 11.3. The van der Waals surface area contributed by atoms with Crippen LogP contribution in [-0.4, -0.2) is 98.1 Å². The number of likely N-dealkylation sites (tertiary alicyclic amines) is 2. The van der Waals surface area contributed by atoms with Gasteiger partial charge in [0.05, 0.1) is 17.8 Å². The molecule has 4 fully saturated rings. The van der Waals surface area contributed by atoms with Crippen LogP contribution < -0.4 is 5.32 Å². The number of H-pyrrole nitrogens is 1. The zero-order valence-electron chi connectivity index (χ0n) is 27.9. The van der Waals surface area contributed by atoms with Gasteiger partial charge in [0.1, 0.15) is 11.6 Å². The molecule has 1 spiro atoms. The van der Waals surface area contributed by atoms with Crippen LogP contribution in [0.25, 0.3) is 0 Å². The monoisotopic (exact) mass is 632 g/mol. The number of nitrogens with zero attached hydrogens (tertiary/aromatic N) is 4. The van der Waals surface area contributed by atoms with Crippen molar-refractivity contribution < 1.29 is 19.5 Å². The van der Waals surface area contributed by atoms with Gasteiger partial charge >= 0.3 is 0 Å². The Balaban J connectivity index is 1.24. The molecule has 3 aliphatic heterocycles. The Kier molecular flexibility index (Phi) is 9.85. The number of aliphatic hydroxyl groups excluding tert-OH is 1. The molecule has 0 bridgehead atoms. The fourth-order valence-corrected chi connectivity index (χ4v) is 8.54. The van der Waals surface area contributed by atoms with Crippen LogP contribution in [-0.2, 0) is 9.59 Å². The lowest BCUT2D eigenvalue weighted by Gasteiger charge is -2.53. The van der Waals surface area contributed by atoms with Crippen LogP contribution >= 0.6 is 0 Å². The van der Waals surface area contributed by atoms with E-state index in [2.05, 4.69) is 39.5 Å². The highest BCUT2D eigenvalue weighted by Gasteiger charge is 2.55. The van der Waals surface area contributed by atoms with E-state index in [1.165, 1.54) is 0 Å². The van der Waals surface area contributed by atoms with E-state index in [4.69, 9.17) is 0 Å². The first-order chi connectivity index (χ1) is 22.2. The molecule has 250 valence electrons. The van der Waals surface area contributed by atoms with Crippen LogP contribution in [0.3, 0.4) is 0 Å². The summed E-state index contributed by atoms with van der Waals surface area (Å²) in [5.74, 6) is -0.120. The molecule has 10 nitrogen and oxygen atoms in total. The number of rotatable bonds is 9. The summed E-state index contributed by atoms with van der Waals surface area (Å²) in [6.07, 6.45) is 9.10. The van der Waals surface area contributed by atoms with E-state index in [9.17, 15) is 19.5 Å². The van der Waals surface area contributed by atoms with Crippen LogP contribution in [0.1, 0.15) is 116 Å². The number of nitrogens with one attached hydrogen (secondary N) is 2. The lowest BCUT2D eigenvalue weighted by Crippen LogP contribution is -2.75. The third-order valence-electron chi connectivity index (χ3n) is 11.3. The second-order valence-electron chi connectivity index (χ2n) is 14.1. The zero-order valence-corrected chi connectivity index (χ0v) is 27.9. The molecule has 1 saturated carbocycles. The predicted molar refractivity (Wildman–Crippen MR) is 176 cm³/mol. The number of piperazine rings is 1. The summed E-state index contributed by atoms with van der Waals surface area (Å²) < 4.78 is 0. The number of benzene rings is 1. The van der Waals surface area contributed by atoms with Crippen LogP contribution in [0, 0.1) is 19.8 Å². The summed E-state index contributed by atoms with van der Waals surface area (Å²) in [5.41, 5.74) is 3.88. The lowest BCUT2D eigenvalue weighted by molar-refractivity contribution is -0.166. The number of hydrogen-bond donors (Lipinski definition) is 3. The van der Waals surface area contributed by atoms with E-state index in [0.717, 1.165) is 93.4 Å². The van der Waals surface area contributed by atoms with Gasteiger partial charge in [0.2, 0.25) is 11.8 Å². The quantitative estimate of drug-likeness (QED) is 0.380. The van der Waals surface area contributed by atoms with Gasteiger partial charge in [-0.25, -0.2) is 0 Å². The Hall–Kier alpha value is -3.24. The molecule has 2 aromatic rings. The SMILES string of the molecule is CCCCN1C(=O)[C@@H]([C@H](O)C2CCCCC2)NC(=O)C12CCN(C(c1ccc(C(=O)N3CCCC3)cc1)c1c(C)n[nH]c1C)CC2. The van der Waals surface area contributed by atoms with Crippen molar-refractivity contribution in [3.05, 3.63) is 52.3 Å². The van der Waals surface area contributed by atoms with E-state index < -0.39 is 17.7 Å². The Labute approximate surface area is 273 Å². The second kappa shape index (κ2) is 13.9. The van der Waals surface area contributed by atoms with E-state index in [-0.39, 0.29) is 29.7 Å². The molecule has 1 unspecified atom stereocenters. The average Bonchev–Trinajstić information content (AvgIpc) is 3.74. The van der Waals surface area contributed by atoms with Gasteiger partial charge in [-0.15, -0.1) is 0 Å². The van der Waals surface area contributed by atoms with Gasteiger partial charge in [-0.2, -0.15) is 5.10 Å². The van der Waals surface area contributed by atoms with Crippen molar-refractivity contribution in [2.45, 2.75) is 115 Å². The van der Waals surface area contributed by atoms with E-state index in [1.54, 1.807) is 0 Å². The number of aliphatic hydroxyl groups is 1. The Morgan fingerprint density at radius 2 is 1.67 bits per heavy atom. The van der Waals surface area contributed by atoms with Gasteiger partial charge in [-0.1, -0.05) is 44.7 Å². The molecule has 3 saturated heterocycles. The van der Waals surface area contributed by atoms with Crippen molar-refractivity contribution in [3.8, 4) is 0 Å². The number of unbranched alkanes of at least 4 members (excludes halogenated alkanes) is 1. The molecule has 6 rings (SSSR count). The number of hydrogen-bond acceptors (Lipinski definition) is 6. The minimum atomic E-state index is -0.928. The average molecular weight is 633 g/mol. The molecule has 1 aliphatic carbocycles. The summed E-state index contributed by atoms with van der Waals surface area (Å²) in [4.78, 5) is 47.5. The molecule has 46 heavy (non-hydrogen) atoms. The van der Waals surface area contributed by atoms with Gasteiger partial charge in [-0.05, 0) is 82.4 Å². The van der Waals surface area contributed by atoms with E-state index >= 15 is 0 Å². The highest BCUT2D eigenvalue weighted by Crippen LogP contribution is 2.40.